The maximum absolute atomic E-state index is 11.7. The summed E-state index contributed by atoms with van der Waals surface area (Å²) in [4.78, 5) is 14.1. The molecule has 0 atom stereocenters. The van der Waals surface area contributed by atoms with Crippen molar-refractivity contribution in [2.24, 2.45) is 0 Å². The summed E-state index contributed by atoms with van der Waals surface area (Å²) in [6.45, 7) is 5.22. The number of rotatable bonds is 5. The second-order valence-electron chi connectivity index (χ2n) is 4.97. The highest BCUT2D eigenvalue weighted by Crippen LogP contribution is 2.24. The Kier molecular flexibility index (Phi) is 6.20. The Labute approximate surface area is 130 Å². The van der Waals surface area contributed by atoms with E-state index in [0.29, 0.717) is 13.2 Å². The molecular formula is C15H23N3O2S. The highest BCUT2D eigenvalue weighted by molar-refractivity contribution is 7.99. The number of benzene rings is 1. The number of urea groups is 1. The molecule has 0 aromatic heterocycles. The maximum Gasteiger partial charge on any atom is 0.319 e. The molecule has 1 aromatic carbocycles. The molecule has 1 saturated heterocycles. The van der Waals surface area contributed by atoms with Gasteiger partial charge in [0.05, 0.1) is 6.61 Å². The Morgan fingerprint density at radius 1 is 1.38 bits per heavy atom. The van der Waals surface area contributed by atoms with Gasteiger partial charge in [-0.1, -0.05) is 0 Å². The number of aryl methyl sites for hydroxylation is 1. The van der Waals surface area contributed by atoms with Gasteiger partial charge >= 0.3 is 6.03 Å². The second-order valence-corrected chi connectivity index (χ2v) is 6.20. The summed E-state index contributed by atoms with van der Waals surface area (Å²) in [6, 6.07) is 5.99. The van der Waals surface area contributed by atoms with Crippen molar-refractivity contribution >= 4 is 29.2 Å². The molecule has 1 aromatic rings. The molecule has 1 aliphatic heterocycles. The van der Waals surface area contributed by atoms with Crippen molar-refractivity contribution in [1.82, 2.24) is 5.32 Å². The number of anilines is 2. The zero-order valence-electron chi connectivity index (χ0n) is 12.6. The van der Waals surface area contributed by atoms with Crippen molar-refractivity contribution in [1.29, 1.82) is 0 Å². The normalized spacial score (nSPS) is 14.9. The molecule has 0 saturated carbocycles. The van der Waals surface area contributed by atoms with Crippen molar-refractivity contribution in [3.8, 4) is 0 Å². The first kappa shape index (κ1) is 16.0. The molecule has 0 bridgehead atoms. The lowest BCUT2D eigenvalue weighted by atomic mass is 10.1. The smallest absolute Gasteiger partial charge is 0.319 e. The molecule has 2 amide bonds. The molecule has 21 heavy (non-hydrogen) atoms. The third kappa shape index (κ3) is 4.82. The van der Waals surface area contributed by atoms with Crippen LogP contribution in [-0.2, 0) is 4.74 Å². The third-order valence-corrected chi connectivity index (χ3v) is 4.37. The van der Waals surface area contributed by atoms with Crippen LogP contribution >= 0.6 is 11.8 Å². The summed E-state index contributed by atoms with van der Waals surface area (Å²) in [5.74, 6) is 2.36. The summed E-state index contributed by atoms with van der Waals surface area (Å²) in [7, 11) is 1.61. The number of ether oxygens (including phenoxy) is 1. The topological polar surface area (TPSA) is 53.6 Å². The highest BCUT2D eigenvalue weighted by atomic mass is 32.2. The Morgan fingerprint density at radius 3 is 2.81 bits per heavy atom. The number of carbonyl (C=O) groups is 1. The standard InChI is InChI=1S/C15H23N3O2S/c1-12-11-13(18-6-9-21-10-7-18)3-4-14(12)17-15(19)16-5-8-20-2/h3-4,11H,5-10H2,1-2H3,(H2,16,17,19). The molecule has 0 aliphatic carbocycles. The van der Waals surface area contributed by atoms with E-state index < -0.39 is 0 Å². The molecule has 1 fully saturated rings. The van der Waals surface area contributed by atoms with Crippen molar-refractivity contribution in [3.63, 3.8) is 0 Å². The summed E-state index contributed by atoms with van der Waals surface area (Å²) in [6.07, 6.45) is 0. The lowest BCUT2D eigenvalue weighted by molar-refractivity contribution is 0.198. The van der Waals surface area contributed by atoms with Crippen LogP contribution in [0.1, 0.15) is 5.56 Å². The minimum atomic E-state index is -0.197. The van der Waals surface area contributed by atoms with Crippen molar-refractivity contribution in [2.75, 3.05) is 55.1 Å². The molecule has 0 spiro atoms. The minimum absolute atomic E-state index is 0.197. The molecule has 2 rings (SSSR count). The van der Waals surface area contributed by atoms with Gasteiger partial charge in [0.25, 0.3) is 0 Å². The fourth-order valence-corrected chi connectivity index (χ4v) is 3.14. The average Bonchev–Trinajstić information content (AvgIpc) is 2.50. The quantitative estimate of drug-likeness (QED) is 0.820. The van der Waals surface area contributed by atoms with Gasteiger partial charge in [-0.15, -0.1) is 0 Å². The van der Waals surface area contributed by atoms with Crippen LogP contribution in [0.4, 0.5) is 16.2 Å². The number of nitrogens with zero attached hydrogens (tertiary/aromatic N) is 1. The Balaban J connectivity index is 1.93. The first-order valence-electron chi connectivity index (χ1n) is 7.18. The van der Waals surface area contributed by atoms with Gasteiger partial charge in [-0.05, 0) is 30.7 Å². The summed E-state index contributed by atoms with van der Waals surface area (Å²) in [5.41, 5.74) is 3.16. The number of hydrogen-bond acceptors (Lipinski definition) is 4. The van der Waals surface area contributed by atoms with E-state index in [-0.39, 0.29) is 6.03 Å². The molecule has 116 valence electrons. The molecule has 1 aliphatic rings. The second kappa shape index (κ2) is 8.14. The number of thioether (sulfide) groups is 1. The molecule has 0 unspecified atom stereocenters. The minimum Gasteiger partial charge on any atom is -0.383 e. The summed E-state index contributed by atoms with van der Waals surface area (Å²) >= 11 is 2.00. The van der Waals surface area contributed by atoms with E-state index in [9.17, 15) is 4.79 Å². The number of carbonyl (C=O) groups excluding carboxylic acids is 1. The van der Waals surface area contributed by atoms with Gasteiger partial charge in [-0.25, -0.2) is 4.79 Å². The lowest BCUT2D eigenvalue weighted by Gasteiger charge is -2.29. The molecule has 2 N–H and O–H groups in total. The fourth-order valence-electron chi connectivity index (χ4n) is 2.24. The van der Waals surface area contributed by atoms with E-state index in [2.05, 4.69) is 27.7 Å². The zero-order chi connectivity index (χ0) is 15.1. The van der Waals surface area contributed by atoms with Gasteiger partial charge in [0.1, 0.15) is 0 Å². The van der Waals surface area contributed by atoms with Crippen LogP contribution in [0.3, 0.4) is 0 Å². The first-order chi connectivity index (χ1) is 10.2. The number of amides is 2. The van der Waals surface area contributed by atoms with Crippen molar-refractivity contribution < 1.29 is 9.53 Å². The predicted octanol–water partition coefficient (Wildman–Crippen LogP) is 2.32. The average molecular weight is 309 g/mol. The number of nitrogens with one attached hydrogen (secondary N) is 2. The van der Waals surface area contributed by atoms with Crippen LogP contribution in [0.2, 0.25) is 0 Å². The van der Waals surface area contributed by atoms with Gasteiger partial charge < -0.3 is 20.3 Å². The van der Waals surface area contributed by atoms with Gasteiger partial charge in [-0.2, -0.15) is 11.8 Å². The van der Waals surface area contributed by atoms with Crippen LogP contribution in [0.25, 0.3) is 0 Å². The van der Waals surface area contributed by atoms with E-state index in [4.69, 9.17) is 4.74 Å². The van der Waals surface area contributed by atoms with Gasteiger partial charge in [-0.3, -0.25) is 0 Å². The van der Waals surface area contributed by atoms with E-state index in [1.165, 1.54) is 17.2 Å². The highest BCUT2D eigenvalue weighted by Gasteiger charge is 2.12. The molecule has 5 nitrogen and oxygen atoms in total. The summed E-state index contributed by atoms with van der Waals surface area (Å²) < 4.78 is 4.90. The van der Waals surface area contributed by atoms with Crippen LogP contribution in [0, 0.1) is 6.92 Å². The van der Waals surface area contributed by atoms with E-state index in [1.807, 2.05) is 24.8 Å². The van der Waals surface area contributed by atoms with Crippen LogP contribution in [0.15, 0.2) is 18.2 Å². The van der Waals surface area contributed by atoms with E-state index >= 15 is 0 Å². The van der Waals surface area contributed by atoms with Crippen LogP contribution < -0.4 is 15.5 Å². The largest absolute Gasteiger partial charge is 0.383 e. The number of hydrogen-bond donors (Lipinski definition) is 2. The van der Waals surface area contributed by atoms with E-state index in [0.717, 1.165) is 24.3 Å². The zero-order valence-corrected chi connectivity index (χ0v) is 13.5. The van der Waals surface area contributed by atoms with Crippen LogP contribution in [-0.4, -0.2) is 50.9 Å². The van der Waals surface area contributed by atoms with Gasteiger partial charge in [0.15, 0.2) is 0 Å². The van der Waals surface area contributed by atoms with E-state index in [1.54, 1.807) is 7.11 Å². The molecule has 0 radical (unpaired) electrons. The monoisotopic (exact) mass is 309 g/mol. The van der Waals surface area contributed by atoms with Crippen molar-refractivity contribution in [2.45, 2.75) is 6.92 Å². The Bertz CT molecular complexity index is 476. The Morgan fingerprint density at radius 2 is 2.14 bits per heavy atom. The molecule has 6 heteroatoms. The van der Waals surface area contributed by atoms with Gasteiger partial charge in [0.2, 0.25) is 0 Å². The van der Waals surface area contributed by atoms with Crippen molar-refractivity contribution in [3.05, 3.63) is 23.8 Å². The van der Waals surface area contributed by atoms with Gasteiger partial charge in [0, 0.05) is 49.6 Å². The number of methoxy groups -OCH3 is 1. The van der Waals surface area contributed by atoms with Crippen LogP contribution in [0.5, 0.6) is 0 Å². The lowest BCUT2D eigenvalue weighted by Crippen LogP contribution is -2.33. The first-order valence-corrected chi connectivity index (χ1v) is 8.33. The Hall–Kier alpha value is -1.40. The summed E-state index contributed by atoms with van der Waals surface area (Å²) in [5, 5.41) is 5.62. The SMILES string of the molecule is COCCNC(=O)Nc1ccc(N2CCSCC2)cc1C. The fraction of sp³-hybridized carbons (Fsp3) is 0.533. The maximum atomic E-state index is 11.7. The molecule has 1 heterocycles. The third-order valence-electron chi connectivity index (χ3n) is 3.43. The molecular weight excluding hydrogens is 286 g/mol. The predicted molar refractivity (Wildman–Crippen MR) is 89.6 cm³/mol.